The summed E-state index contributed by atoms with van der Waals surface area (Å²) in [6.07, 6.45) is 0.427. The number of hydrogen-bond donors (Lipinski definition) is 0. The van der Waals surface area contributed by atoms with Gasteiger partial charge in [-0.2, -0.15) is 0 Å². The molecule has 0 atom stereocenters. The van der Waals surface area contributed by atoms with Crippen molar-refractivity contribution in [2.24, 2.45) is 0 Å². The number of ether oxygens (including phenoxy) is 3. The molecule has 56 valence electrons. The molecular formula is C6H13LiO3. The van der Waals surface area contributed by atoms with Crippen molar-refractivity contribution < 1.29 is 33.1 Å². The number of hydrogen-bond acceptors (Lipinski definition) is 3. The van der Waals surface area contributed by atoms with Crippen LogP contribution in [0.25, 0.3) is 0 Å². The van der Waals surface area contributed by atoms with Crippen LogP contribution in [0.5, 0.6) is 0 Å². The number of methoxy groups -OCH3 is 3. The molecule has 0 aromatic heterocycles. The van der Waals surface area contributed by atoms with Crippen LogP contribution in [0.15, 0.2) is 0 Å². The van der Waals surface area contributed by atoms with E-state index in [0.29, 0.717) is 6.42 Å². The second kappa shape index (κ2) is 6.20. The molecule has 0 rings (SSSR count). The molecule has 0 aliphatic carbocycles. The predicted octanol–water partition coefficient (Wildman–Crippen LogP) is -2.19. The minimum atomic E-state index is -0.944. The largest absolute Gasteiger partial charge is 1.00 e. The van der Waals surface area contributed by atoms with E-state index < -0.39 is 5.97 Å². The smallest absolute Gasteiger partial charge is 0.336 e. The molecule has 0 amide bonds. The van der Waals surface area contributed by atoms with Crippen LogP contribution in [0, 0.1) is 6.92 Å². The Morgan fingerprint density at radius 1 is 1.10 bits per heavy atom. The Balaban J connectivity index is 0. The molecule has 0 heterocycles. The van der Waals surface area contributed by atoms with Crippen LogP contribution in [-0.2, 0) is 14.2 Å². The minimum Gasteiger partial charge on any atom is -0.336 e. The van der Waals surface area contributed by atoms with Crippen LogP contribution in [0.3, 0.4) is 0 Å². The standard InChI is InChI=1S/C6H13O3.Li/c1-5-6(7-2,8-3)9-4;/h1,5H2,2-4H3;/q-1;+1. The molecule has 0 fully saturated rings. The average Bonchev–Trinajstić information content (AvgIpc) is 1.95. The average molecular weight is 140 g/mol. The molecule has 0 aromatic rings. The first-order valence-electron chi connectivity index (χ1n) is 2.69. The first kappa shape index (κ1) is 13.1. The van der Waals surface area contributed by atoms with Crippen molar-refractivity contribution in [1.29, 1.82) is 0 Å². The van der Waals surface area contributed by atoms with E-state index in [-0.39, 0.29) is 18.9 Å². The summed E-state index contributed by atoms with van der Waals surface area (Å²) >= 11 is 0. The molecule has 4 heteroatoms. The summed E-state index contributed by atoms with van der Waals surface area (Å²) in [5, 5.41) is 0. The van der Waals surface area contributed by atoms with Gasteiger partial charge in [0, 0.05) is 21.3 Å². The van der Waals surface area contributed by atoms with Gasteiger partial charge in [0.2, 0.25) is 0 Å². The van der Waals surface area contributed by atoms with Gasteiger partial charge >= 0.3 is 18.9 Å². The first-order chi connectivity index (χ1) is 4.24. The van der Waals surface area contributed by atoms with Crippen molar-refractivity contribution in [3.63, 3.8) is 0 Å². The molecule has 0 aliphatic heterocycles. The molecule has 3 nitrogen and oxygen atoms in total. The van der Waals surface area contributed by atoms with Crippen molar-refractivity contribution in [3.8, 4) is 0 Å². The van der Waals surface area contributed by atoms with Crippen LogP contribution >= 0.6 is 0 Å². The van der Waals surface area contributed by atoms with Crippen LogP contribution in [0.1, 0.15) is 6.42 Å². The summed E-state index contributed by atoms with van der Waals surface area (Å²) in [6, 6.07) is 0. The van der Waals surface area contributed by atoms with E-state index in [2.05, 4.69) is 6.92 Å². The van der Waals surface area contributed by atoms with Gasteiger partial charge in [-0.05, 0) is 0 Å². The van der Waals surface area contributed by atoms with E-state index in [1.807, 2.05) is 0 Å². The zero-order valence-electron chi connectivity index (χ0n) is 7.14. The van der Waals surface area contributed by atoms with Crippen LogP contribution in [-0.4, -0.2) is 27.3 Å². The maximum Gasteiger partial charge on any atom is 1.00 e. The van der Waals surface area contributed by atoms with E-state index in [1.165, 1.54) is 21.3 Å². The Labute approximate surface area is 74.2 Å². The Kier molecular flexibility index (Phi) is 8.12. The van der Waals surface area contributed by atoms with Gasteiger partial charge in [-0.3, -0.25) is 0 Å². The molecule has 10 heavy (non-hydrogen) atoms. The second-order valence-corrected chi connectivity index (χ2v) is 1.55. The van der Waals surface area contributed by atoms with Crippen molar-refractivity contribution in [2.45, 2.75) is 12.4 Å². The summed E-state index contributed by atoms with van der Waals surface area (Å²) in [6.45, 7) is 3.60. The predicted molar refractivity (Wildman–Crippen MR) is 33.7 cm³/mol. The fourth-order valence-corrected chi connectivity index (χ4v) is 0.556. The van der Waals surface area contributed by atoms with Crippen LogP contribution in [0.2, 0.25) is 0 Å². The molecule has 0 saturated carbocycles. The maximum absolute atomic E-state index is 4.88. The summed E-state index contributed by atoms with van der Waals surface area (Å²) < 4.78 is 14.6. The molecule has 0 saturated heterocycles. The second-order valence-electron chi connectivity index (χ2n) is 1.55. The van der Waals surface area contributed by atoms with Gasteiger partial charge in [-0.15, -0.1) is 0 Å². The summed E-state index contributed by atoms with van der Waals surface area (Å²) in [5.41, 5.74) is 0. The van der Waals surface area contributed by atoms with Crippen LogP contribution in [0.4, 0.5) is 0 Å². The Morgan fingerprint density at radius 2 is 1.40 bits per heavy atom. The van der Waals surface area contributed by atoms with E-state index in [9.17, 15) is 0 Å². The Hall–Kier alpha value is 0.477. The van der Waals surface area contributed by atoms with E-state index in [0.717, 1.165) is 0 Å². The zero-order chi connectivity index (χ0) is 7.33. The quantitative estimate of drug-likeness (QED) is 0.252. The summed E-state index contributed by atoms with van der Waals surface area (Å²) in [7, 11) is 4.54. The summed E-state index contributed by atoms with van der Waals surface area (Å²) in [5.74, 6) is -0.944. The van der Waals surface area contributed by atoms with E-state index in [4.69, 9.17) is 14.2 Å². The molecule has 0 aromatic carbocycles. The zero-order valence-corrected chi connectivity index (χ0v) is 7.14. The van der Waals surface area contributed by atoms with Gasteiger partial charge in [0.1, 0.15) is 0 Å². The fraction of sp³-hybridized carbons (Fsp3) is 0.833. The molecule has 0 radical (unpaired) electrons. The molecular weight excluding hydrogens is 127 g/mol. The third-order valence-electron chi connectivity index (χ3n) is 1.24. The van der Waals surface area contributed by atoms with Crippen molar-refractivity contribution in [1.82, 2.24) is 0 Å². The normalized spacial score (nSPS) is 10.8. The van der Waals surface area contributed by atoms with Crippen LogP contribution < -0.4 is 18.9 Å². The molecule has 0 unspecified atom stereocenters. The maximum atomic E-state index is 4.88. The fourth-order valence-electron chi connectivity index (χ4n) is 0.556. The third-order valence-corrected chi connectivity index (χ3v) is 1.24. The molecule has 0 N–H and O–H groups in total. The van der Waals surface area contributed by atoms with Gasteiger partial charge in [0.15, 0.2) is 0 Å². The molecule has 0 bridgehead atoms. The van der Waals surface area contributed by atoms with Gasteiger partial charge < -0.3 is 21.1 Å². The van der Waals surface area contributed by atoms with E-state index in [1.54, 1.807) is 0 Å². The third kappa shape index (κ3) is 3.04. The molecule has 0 aliphatic rings. The van der Waals surface area contributed by atoms with E-state index >= 15 is 0 Å². The monoisotopic (exact) mass is 140 g/mol. The van der Waals surface area contributed by atoms with Crippen molar-refractivity contribution >= 4 is 0 Å². The Morgan fingerprint density at radius 3 is 1.40 bits per heavy atom. The van der Waals surface area contributed by atoms with Gasteiger partial charge in [-0.1, -0.05) is 6.42 Å². The van der Waals surface area contributed by atoms with Gasteiger partial charge in [0.25, 0.3) is 5.97 Å². The van der Waals surface area contributed by atoms with Crippen molar-refractivity contribution in [2.75, 3.05) is 21.3 Å². The van der Waals surface area contributed by atoms with Gasteiger partial charge in [-0.25, -0.2) is 0 Å². The topological polar surface area (TPSA) is 27.7 Å². The van der Waals surface area contributed by atoms with Crippen molar-refractivity contribution in [3.05, 3.63) is 6.92 Å². The Bertz CT molecular complexity index is 55.9. The summed E-state index contributed by atoms with van der Waals surface area (Å²) in [4.78, 5) is 0. The first-order valence-corrected chi connectivity index (χ1v) is 2.69. The van der Waals surface area contributed by atoms with Gasteiger partial charge in [0.05, 0.1) is 0 Å². The number of rotatable bonds is 4. The SMILES string of the molecule is [CH2-]CC(OC)(OC)OC.[Li+]. The molecule has 0 spiro atoms. The minimum absolute atomic E-state index is 0.